The molecular formula is C15H13BrCl2N2O. The first kappa shape index (κ1) is 16.1. The average Bonchev–Trinajstić information content (AvgIpc) is 2.42. The highest BCUT2D eigenvalue weighted by atomic mass is 79.9. The molecule has 0 aromatic heterocycles. The minimum atomic E-state index is -0.0798. The Morgan fingerprint density at radius 2 is 1.76 bits per heavy atom. The summed E-state index contributed by atoms with van der Waals surface area (Å²) in [7, 11) is 0. The van der Waals surface area contributed by atoms with Gasteiger partial charge >= 0.3 is 0 Å². The molecule has 0 saturated heterocycles. The molecular weight excluding hydrogens is 375 g/mol. The second-order valence-corrected chi connectivity index (χ2v) is 6.06. The Bertz CT molecular complexity index is 629. The Labute approximate surface area is 141 Å². The van der Waals surface area contributed by atoms with Crippen LogP contribution in [0, 0.1) is 0 Å². The number of hydrogen-bond donors (Lipinski definition) is 2. The van der Waals surface area contributed by atoms with Gasteiger partial charge in [-0.2, -0.15) is 0 Å². The number of rotatable bonds is 5. The molecule has 0 spiro atoms. The fourth-order valence-electron chi connectivity index (χ4n) is 1.76. The Balaban J connectivity index is 1.85. The summed E-state index contributed by atoms with van der Waals surface area (Å²) in [4.78, 5) is 11.9. The first-order valence-electron chi connectivity index (χ1n) is 6.29. The molecule has 2 aromatic carbocycles. The van der Waals surface area contributed by atoms with Crippen LogP contribution in [0.15, 0.2) is 46.9 Å². The van der Waals surface area contributed by atoms with E-state index < -0.39 is 0 Å². The van der Waals surface area contributed by atoms with E-state index >= 15 is 0 Å². The number of halogens is 3. The summed E-state index contributed by atoms with van der Waals surface area (Å²) >= 11 is 15.4. The monoisotopic (exact) mass is 386 g/mol. The zero-order valence-corrected chi connectivity index (χ0v) is 14.1. The van der Waals surface area contributed by atoms with Crippen LogP contribution >= 0.6 is 39.1 Å². The molecule has 0 radical (unpaired) electrons. The lowest BCUT2D eigenvalue weighted by molar-refractivity contribution is -0.115. The number of amides is 1. The van der Waals surface area contributed by atoms with E-state index in [9.17, 15) is 4.79 Å². The predicted octanol–water partition coefficient (Wildman–Crippen LogP) is 5.20. The van der Waals surface area contributed by atoms with Crippen molar-refractivity contribution in [2.45, 2.75) is 6.42 Å². The maximum Gasteiger partial charge on any atom is 0.226 e. The maximum atomic E-state index is 11.9. The number of hydrogen-bond acceptors (Lipinski definition) is 2. The summed E-state index contributed by atoms with van der Waals surface area (Å²) in [6.07, 6.45) is 0.314. The van der Waals surface area contributed by atoms with Crippen molar-refractivity contribution < 1.29 is 4.79 Å². The molecule has 0 aliphatic carbocycles. The van der Waals surface area contributed by atoms with Gasteiger partial charge in [-0.25, -0.2) is 0 Å². The molecule has 0 fully saturated rings. The summed E-state index contributed by atoms with van der Waals surface area (Å²) in [5, 5.41) is 6.97. The highest BCUT2D eigenvalue weighted by Gasteiger charge is 2.06. The number of para-hydroxylation sites is 1. The molecule has 1 amide bonds. The number of carbonyl (C=O) groups excluding carboxylic acids is 1. The van der Waals surface area contributed by atoms with Crippen molar-refractivity contribution in [1.82, 2.24) is 0 Å². The average molecular weight is 388 g/mol. The number of benzene rings is 2. The first-order valence-corrected chi connectivity index (χ1v) is 7.84. The number of nitrogens with one attached hydrogen (secondary N) is 2. The quantitative estimate of drug-likeness (QED) is 0.740. The van der Waals surface area contributed by atoms with E-state index in [4.69, 9.17) is 23.2 Å². The van der Waals surface area contributed by atoms with Crippen molar-refractivity contribution in [3.05, 3.63) is 57.0 Å². The molecule has 0 saturated carbocycles. The summed E-state index contributed by atoms with van der Waals surface area (Å²) in [6.45, 7) is 0.448. The highest BCUT2D eigenvalue weighted by molar-refractivity contribution is 9.10. The van der Waals surface area contributed by atoms with Gasteiger partial charge in [0, 0.05) is 23.1 Å². The maximum absolute atomic E-state index is 11.9. The summed E-state index contributed by atoms with van der Waals surface area (Å²) in [6, 6.07) is 12.7. The van der Waals surface area contributed by atoms with Crippen LogP contribution in [-0.4, -0.2) is 12.5 Å². The number of carbonyl (C=O) groups is 1. The predicted molar refractivity (Wildman–Crippen MR) is 92.3 cm³/mol. The zero-order valence-electron chi connectivity index (χ0n) is 11.0. The second-order valence-electron chi connectivity index (χ2n) is 4.33. The molecule has 0 unspecified atom stereocenters. The van der Waals surface area contributed by atoms with Crippen LogP contribution < -0.4 is 10.6 Å². The van der Waals surface area contributed by atoms with Gasteiger partial charge in [-0.15, -0.1) is 0 Å². The summed E-state index contributed by atoms with van der Waals surface area (Å²) in [5.41, 5.74) is 1.40. The molecule has 0 heterocycles. The van der Waals surface area contributed by atoms with Gasteiger partial charge in [-0.3, -0.25) is 4.79 Å². The Morgan fingerprint density at radius 1 is 1.10 bits per heavy atom. The molecule has 0 aliphatic heterocycles. The molecule has 3 nitrogen and oxygen atoms in total. The Kier molecular flexibility index (Phi) is 5.91. The molecule has 2 aromatic rings. The van der Waals surface area contributed by atoms with Crippen molar-refractivity contribution >= 4 is 56.4 Å². The van der Waals surface area contributed by atoms with Crippen LogP contribution in [0.3, 0.4) is 0 Å². The SMILES string of the molecule is O=C(CCNc1c(Cl)cccc1Cl)Nc1cccc(Br)c1. The molecule has 21 heavy (non-hydrogen) atoms. The topological polar surface area (TPSA) is 41.1 Å². The van der Waals surface area contributed by atoms with Gasteiger partial charge in [0.1, 0.15) is 0 Å². The number of anilines is 2. The highest BCUT2D eigenvalue weighted by Crippen LogP contribution is 2.29. The van der Waals surface area contributed by atoms with Crippen LogP contribution in [0.25, 0.3) is 0 Å². The lowest BCUT2D eigenvalue weighted by atomic mass is 10.3. The van der Waals surface area contributed by atoms with Gasteiger partial charge in [-0.1, -0.05) is 51.3 Å². The molecule has 2 N–H and O–H groups in total. The molecule has 110 valence electrons. The largest absolute Gasteiger partial charge is 0.382 e. The fraction of sp³-hybridized carbons (Fsp3) is 0.133. The molecule has 0 bridgehead atoms. The third-order valence-electron chi connectivity index (χ3n) is 2.72. The standard InChI is InChI=1S/C15H13BrCl2N2O/c16-10-3-1-4-11(9-10)20-14(21)7-8-19-15-12(17)5-2-6-13(15)18/h1-6,9,19H,7-8H2,(H,20,21). The molecule has 2 rings (SSSR count). The van der Waals surface area contributed by atoms with Crippen molar-refractivity contribution in [3.8, 4) is 0 Å². The van der Waals surface area contributed by atoms with E-state index in [0.29, 0.717) is 28.7 Å². The van der Waals surface area contributed by atoms with E-state index in [1.54, 1.807) is 18.2 Å². The van der Waals surface area contributed by atoms with Crippen LogP contribution in [0.1, 0.15) is 6.42 Å². The third kappa shape index (κ3) is 4.92. The van der Waals surface area contributed by atoms with Gasteiger partial charge in [0.25, 0.3) is 0 Å². The van der Waals surface area contributed by atoms with Gasteiger partial charge in [-0.05, 0) is 30.3 Å². The van der Waals surface area contributed by atoms with E-state index in [0.717, 1.165) is 10.2 Å². The third-order valence-corrected chi connectivity index (χ3v) is 3.85. The lowest BCUT2D eigenvalue weighted by Crippen LogP contribution is -2.16. The van der Waals surface area contributed by atoms with Crippen molar-refractivity contribution in [1.29, 1.82) is 0 Å². The van der Waals surface area contributed by atoms with E-state index in [1.807, 2.05) is 24.3 Å². The van der Waals surface area contributed by atoms with E-state index in [1.165, 1.54) is 0 Å². The van der Waals surface area contributed by atoms with Crippen molar-refractivity contribution in [2.75, 3.05) is 17.2 Å². The molecule has 0 atom stereocenters. The summed E-state index contributed by atoms with van der Waals surface area (Å²) < 4.78 is 0.918. The zero-order chi connectivity index (χ0) is 15.2. The van der Waals surface area contributed by atoms with Crippen LogP contribution in [-0.2, 0) is 4.79 Å². The van der Waals surface area contributed by atoms with Crippen LogP contribution in [0.4, 0.5) is 11.4 Å². The van der Waals surface area contributed by atoms with Crippen molar-refractivity contribution in [2.24, 2.45) is 0 Å². The van der Waals surface area contributed by atoms with Gasteiger partial charge in [0.05, 0.1) is 15.7 Å². The Hall–Kier alpha value is -1.23. The minimum Gasteiger partial charge on any atom is -0.382 e. The van der Waals surface area contributed by atoms with Gasteiger partial charge < -0.3 is 10.6 Å². The molecule has 6 heteroatoms. The Morgan fingerprint density at radius 3 is 2.43 bits per heavy atom. The van der Waals surface area contributed by atoms with E-state index in [-0.39, 0.29) is 5.91 Å². The minimum absolute atomic E-state index is 0.0798. The van der Waals surface area contributed by atoms with Gasteiger partial charge in [0.15, 0.2) is 0 Å². The van der Waals surface area contributed by atoms with Gasteiger partial charge in [0.2, 0.25) is 5.91 Å². The summed E-state index contributed by atoms with van der Waals surface area (Å²) in [5.74, 6) is -0.0798. The van der Waals surface area contributed by atoms with Crippen LogP contribution in [0.5, 0.6) is 0 Å². The van der Waals surface area contributed by atoms with E-state index in [2.05, 4.69) is 26.6 Å². The second kappa shape index (κ2) is 7.69. The fourth-order valence-corrected chi connectivity index (χ4v) is 2.69. The smallest absolute Gasteiger partial charge is 0.226 e. The normalized spacial score (nSPS) is 10.2. The lowest BCUT2D eigenvalue weighted by Gasteiger charge is -2.10. The van der Waals surface area contributed by atoms with Crippen LogP contribution in [0.2, 0.25) is 10.0 Å². The first-order chi connectivity index (χ1) is 10.1. The van der Waals surface area contributed by atoms with Crippen molar-refractivity contribution in [3.63, 3.8) is 0 Å². The molecule has 0 aliphatic rings.